The van der Waals surface area contributed by atoms with E-state index in [1.165, 1.54) is 0 Å². The molecule has 4 heteroatoms. The third-order valence-corrected chi connectivity index (χ3v) is 1.44. The average molecular weight is 189 g/mol. The van der Waals surface area contributed by atoms with Gasteiger partial charge in [0, 0.05) is 19.7 Å². The normalized spacial score (nSPS) is 10.0. The Morgan fingerprint density at radius 2 is 2.00 bits per heavy atom. The van der Waals surface area contributed by atoms with Crippen LogP contribution in [0.15, 0.2) is 0 Å². The maximum Gasteiger partial charge on any atom is 0.307 e. The molecule has 0 radical (unpaired) electrons. The highest BCUT2D eigenvalue weighted by Gasteiger charge is 1.99. The summed E-state index contributed by atoms with van der Waals surface area (Å²) >= 11 is 0. The molecule has 0 saturated carbocycles. The molecule has 0 unspecified atom stereocenters. The number of hydrogen-bond acceptors (Lipinski definition) is 4. The van der Waals surface area contributed by atoms with E-state index in [1.807, 2.05) is 6.92 Å². The summed E-state index contributed by atoms with van der Waals surface area (Å²) in [7, 11) is 0. The molecule has 0 aliphatic heterocycles. The molecule has 0 aromatic heterocycles. The molecule has 13 heavy (non-hydrogen) atoms. The van der Waals surface area contributed by atoms with Gasteiger partial charge in [0.25, 0.3) is 0 Å². The summed E-state index contributed by atoms with van der Waals surface area (Å²) in [5.74, 6) is -0.147. The smallest absolute Gasteiger partial charge is 0.307 e. The quantitative estimate of drug-likeness (QED) is 0.448. The van der Waals surface area contributed by atoms with Gasteiger partial charge in [0.2, 0.25) is 0 Å². The average Bonchev–Trinajstić information content (AvgIpc) is 2.11. The van der Waals surface area contributed by atoms with E-state index >= 15 is 0 Å². The fourth-order valence-corrected chi connectivity index (χ4v) is 0.837. The summed E-state index contributed by atoms with van der Waals surface area (Å²) in [6.07, 6.45) is 0.431. The van der Waals surface area contributed by atoms with Gasteiger partial charge in [0.05, 0.1) is 19.6 Å². The molecule has 0 saturated heterocycles. The summed E-state index contributed by atoms with van der Waals surface area (Å²) < 4.78 is 9.87. The molecule has 0 spiro atoms. The molecule has 4 nitrogen and oxygen atoms in total. The van der Waals surface area contributed by atoms with Crippen LogP contribution in [0, 0.1) is 0 Å². The largest absolute Gasteiger partial charge is 0.466 e. The molecule has 0 aliphatic rings. The predicted molar refractivity (Wildman–Crippen MR) is 50.6 cm³/mol. The van der Waals surface area contributed by atoms with Crippen molar-refractivity contribution in [2.45, 2.75) is 20.3 Å². The third-order valence-electron chi connectivity index (χ3n) is 1.44. The van der Waals surface area contributed by atoms with Gasteiger partial charge in [-0.05, 0) is 13.8 Å². The van der Waals surface area contributed by atoms with Gasteiger partial charge in [0.15, 0.2) is 0 Å². The van der Waals surface area contributed by atoms with E-state index in [0.717, 1.165) is 13.2 Å². The van der Waals surface area contributed by atoms with Crippen LogP contribution in [-0.4, -0.2) is 38.9 Å². The second kappa shape index (κ2) is 9.48. The summed E-state index contributed by atoms with van der Waals surface area (Å²) in [5, 5.41) is 3.08. The molecule has 0 aromatic rings. The Labute approximate surface area is 79.6 Å². The van der Waals surface area contributed by atoms with Crippen LogP contribution in [0.2, 0.25) is 0 Å². The molecule has 0 atom stereocenters. The molecule has 0 rings (SSSR count). The number of carbonyl (C=O) groups excluding carboxylic acids is 1. The van der Waals surface area contributed by atoms with Crippen molar-refractivity contribution in [2.24, 2.45) is 0 Å². The van der Waals surface area contributed by atoms with E-state index < -0.39 is 0 Å². The van der Waals surface area contributed by atoms with E-state index in [1.54, 1.807) is 6.92 Å². The van der Waals surface area contributed by atoms with E-state index in [0.29, 0.717) is 26.2 Å². The number of hydrogen-bond donors (Lipinski definition) is 1. The number of nitrogens with one attached hydrogen (secondary N) is 1. The highest BCUT2D eigenvalue weighted by atomic mass is 16.5. The van der Waals surface area contributed by atoms with E-state index in [9.17, 15) is 4.79 Å². The Morgan fingerprint density at radius 3 is 2.62 bits per heavy atom. The molecule has 0 aliphatic carbocycles. The summed E-state index contributed by atoms with van der Waals surface area (Å²) in [4.78, 5) is 10.8. The summed E-state index contributed by atoms with van der Waals surface area (Å²) in [6, 6.07) is 0. The molecule has 1 N–H and O–H groups in total. The van der Waals surface area contributed by atoms with Crippen molar-refractivity contribution in [1.29, 1.82) is 0 Å². The minimum atomic E-state index is -0.147. The number of ether oxygens (including phenoxy) is 2. The lowest BCUT2D eigenvalue weighted by atomic mass is 10.4. The van der Waals surface area contributed by atoms with Crippen LogP contribution in [0.1, 0.15) is 20.3 Å². The summed E-state index contributed by atoms with van der Waals surface area (Å²) in [5.41, 5.74) is 0. The first kappa shape index (κ1) is 12.4. The fraction of sp³-hybridized carbons (Fsp3) is 0.889. The first-order chi connectivity index (χ1) is 6.31. The lowest BCUT2D eigenvalue weighted by Crippen LogP contribution is -2.23. The molecule has 0 aromatic carbocycles. The standard InChI is InChI=1S/C9H19NO3/c1-3-12-8-7-10-6-5-9(11)13-4-2/h10H,3-8H2,1-2H3. The van der Waals surface area contributed by atoms with Crippen molar-refractivity contribution in [3.63, 3.8) is 0 Å². The Balaban J connectivity index is 3.02. The van der Waals surface area contributed by atoms with Crippen LogP contribution in [0.25, 0.3) is 0 Å². The maximum atomic E-state index is 10.8. The van der Waals surface area contributed by atoms with Crippen LogP contribution in [0.4, 0.5) is 0 Å². The van der Waals surface area contributed by atoms with Crippen molar-refractivity contribution < 1.29 is 14.3 Å². The molecule has 0 fully saturated rings. The van der Waals surface area contributed by atoms with Crippen molar-refractivity contribution in [3.05, 3.63) is 0 Å². The van der Waals surface area contributed by atoms with Crippen molar-refractivity contribution in [1.82, 2.24) is 5.32 Å². The molecule has 0 amide bonds. The fourth-order valence-electron chi connectivity index (χ4n) is 0.837. The molecule has 78 valence electrons. The predicted octanol–water partition coefficient (Wildman–Crippen LogP) is 0.566. The van der Waals surface area contributed by atoms with Crippen molar-refractivity contribution >= 4 is 5.97 Å². The molecular formula is C9H19NO3. The second-order valence-electron chi connectivity index (χ2n) is 2.50. The van der Waals surface area contributed by atoms with Gasteiger partial charge >= 0.3 is 5.97 Å². The molecular weight excluding hydrogens is 170 g/mol. The van der Waals surface area contributed by atoms with E-state index in [-0.39, 0.29) is 5.97 Å². The van der Waals surface area contributed by atoms with Crippen molar-refractivity contribution in [2.75, 3.05) is 32.9 Å². The lowest BCUT2D eigenvalue weighted by molar-refractivity contribution is -0.142. The minimum absolute atomic E-state index is 0.147. The van der Waals surface area contributed by atoms with Gasteiger partial charge < -0.3 is 14.8 Å². The van der Waals surface area contributed by atoms with Crippen LogP contribution < -0.4 is 5.32 Å². The monoisotopic (exact) mass is 189 g/mol. The third kappa shape index (κ3) is 9.30. The SMILES string of the molecule is CCOCCNCCC(=O)OCC. The van der Waals surface area contributed by atoms with Gasteiger partial charge in [-0.25, -0.2) is 0 Å². The van der Waals surface area contributed by atoms with Crippen molar-refractivity contribution in [3.8, 4) is 0 Å². The lowest BCUT2D eigenvalue weighted by Gasteiger charge is -2.04. The Hall–Kier alpha value is -0.610. The van der Waals surface area contributed by atoms with Gasteiger partial charge in [-0.2, -0.15) is 0 Å². The van der Waals surface area contributed by atoms with Gasteiger partial charge in [0.1, 0.15) is 0 Å². The Kier molecular flexibility index (Phi) is 9.03. The van der Waals surface area contributed by atoms with Gasteiger partial charge in [-0.3, -0.25) is 4.79 Å². The van der Waals surface area contributed by atoms with Crippen LogP contribution in [0.5, 0.6) is 0 Å². The highest BCUT2D eigenvalue weighted by molar-refractivity contribution is 5.69. The van der Waals surface area contributed by atoms with E-state index in [4.69, 9.17) is 9.47 Å². The number of esters is 1. The molecule has 0 heterocycles. The zero-order valence-electron chi connectivity index (χ0n) is 8.47. The Bertz CT molecular complexity index is 128. The van der Waals surface area contributed by atoms with Crippen LogP contribution >= 0.6 is 0 Å². The highest BCUT2D eigenvalue weighted by Crippen LogP contribution is 1.83. The number of rotatable bonds is 8. The van der Waals surface area contributed by atoms with E-state index in [2.05, 4.69) is 5.32 Å². The zero-order valence-corrected chi connectivity index (χ0v) is 8.47. The first-order valence-corrected chi connectivity index (χ1v) is 4.75. The second-order valence-corrected chi connectivity index (χ2v) is 2.50. The van der Waals surface area contributed by atoms with Crippen LogP contribution in [0.3, 0.4) is 0 Å². The number of carbonyl (C=O) groups is 1. The van der Waals surface area contributed by atoms with Gasteiger partial charge in [-0.15, -0.1) is 0 Å². The van der Waals surface area contributed by atoms with Gasteiger partial charge in [-0.1, -0.05) is 0 Å². The van der Waals surface area contributed by atoms with Crippen LogP contribution in [-0.2, 0) is 14.3 Å². The zero-order chi connectivity index (χ0) is 9.94. The Morgan fingerprint density at radius 1 is 1.23 bits per heavy atom. The first-order valence-electron chi connectivity index (χ1n) is 4.75. The maximum absolute atomic E-state index is 10.8. The topological polar surface area (TPSA) is 47.6 Å². The summed E-state index contributed by atoms with van der Waals surface area (Å²) in [6.45, 7) is 7.09. The molecule has 0 bridgehead atoms. The minimum Gasteiger partial charge on any atom is -0.466 e.